The van der Waals surface area contributed by atoms with Gasteiger partial charge in [0.05, 0.1) is 23.7 Å². The molecule has 0 bridgehead atoms. The van der Waals surface area contributed by atoms with Crippen molar-refractivity contribution in [3.05, 3.63) is 71.1 Å². The predicted molar refractivity (Wildman–Crippen MR) is 110 cm³/mol. The van der Waals surface area contributed by atoms with E-state index in [1.807, 2.05) is 48.5 Å². The van der Waals surface area contributed by atoms with Gasteiger partial charge in [0.1, 0.15) is 6.54 Å². The molecule has 27 heavy (non-hydrogen) atoms. The van der Waals surface area contributed by atoms with Crippen LogP contribution in [0, 0.1) is 0 Å². The monoisotopic (exact) mass is 378 g/mol. The maximum Gasteiger partial charge on any atom is 0.257 e. The van der Waals surface area contributed by atoms with Crippen molar-refractivity contribution >= 4 is 22.4 Å². The SMILES string of the molecule is O=C(Nc1nc(-c2ccccc2)c(C[NH+]2CCCCC2)s1)c1ccccc1. The van der Waals surface area contributed by atoms with E-state index in [1.54, 1.807) is 16.2 Å². The van der Waals surface area contributed by atoms with Crippen LogP contribution in [0.2, 0.25) is 0 Å². The second-order valence-corrected chi connectivity index (χ2v) is 8.05. The zero-order valence-electron chi connectivity index (χ0n) is 15.3. The van der Waals surface area contributed by atoms with Crippen molar-refractivity contribution in [1.82, 2.24) is 4.98 Å². The van der Waals surface area contributed by atoms with Crippen molar-refractivity contribution in [3.63, 3.8) is 0 Å². The van der Waals surface area contributed by atoms with Gasteiger partial charge in [0.15, 0.2) is 5.13 Å². The number of likely N-dealkylation sites (tertiary alicyclic amines) is 1. The quantitative estimate of drug-likeness (QED) is 0.712. The molecule has 2 heterocycles. The second kappa shape index (κ2) is 8.46. The molecular formula is C22H24N3OS+. The molecule has 4 nitrogen and oxygen atoms in total. The Hall–Kier alpha value is -2.50. The van der Waals surface area contributed by atoms with Gasteiger partial charge in [0.2, 0.25) is 0 Å². The van der Waals surface area contributed by atoms with E-state index < -0.39 is 0 Å². The Kier molecular flexibility index (Phi) is 5.61. The summed E-state index contributed by atoms with van der Waals surface area (Å²) in [6.07, 6.45) is 3.94. The number of benzene rings is 2. The van der Waals surface area contributed by atoms with Crippen LogP contribution in [-0.4, -0.2) is 24.0 Å². The lowest BCUT2D eigenvalue weighted by Crippen LogP contribution is -3.11. The highest BCUT2D eigenvalue weighted by atomic mass is 32.1. The van der Waals surface area contributed by atoms with Gasteiger partial charge in [-0.3, -0.25) is 10.1 Å². The van der Waals surface area contributed by atoms with Crippen molar-refractivity contribution in [2.24, 2.45) is 0 Å². The molecule has 0 unspecified atom stereocenters. The molecule has 0 atom stereocenters. The minimum atomic E-state index is -0.110. The molecule has 1 aliphatic rings. The van der Waals surface area contributed by atoms with Gasteiger partial charge in [-0.15, -0.1) is 0 Å². The fourth-order valence-electron chi connectivity index (χ4n) is 3.56. The molecule has 5 heteroatoms. The van der Waals surface area contributed by atoms with E-state index in [-0.39, 0.29) is 5.91 Å². The maximum absolute atomic E-state index is 12.5. The summed E-state index contributed by atoms with van der Waals surface area (Å²) < 4.78 is 0. The van der Waals surface area contributed by atoms with Crippen molar-refractivity contribution in [3.8, 4) is 11.3 Å². The number of aromatic nitrogens is 1. The second-order valence-electron chi connectivity index (χ2n) is 6.96. The molecule has 0 aliphatic carbocycles. The number of amides is 1. The molecule has 1 saturated heterocycles. The third-order valence-electron chi connectivity index (χ3n) is 4.97. The summed E-state index contributed by atoms with van der Waals surface area (Å²) in [5.74, 6) is -0.110. The van der Waals surface area contributed by atoms with Gasteiger partial charge in [-0.1, -0.05) is 59.9 Å². The summed E-state index contributed by atoms with van der Waals surface area (Å²) in [7, 11) is 0. The van der Waals surface area contributed by atoms with Gasteiger partial charge in [-0.05, 0) is 31.4 Å². The first kappa shape index (κ1) is 17.9. The molecular weight excluding hydrogens is 354 g/mol. The first-order chi connectivity index (χ1) is 13.3. The van der Waals surface area contributed by atoms with Crippen LogP contribution >= 0.6 is 11.3 Å². The fraction of sp³-hybridized carbons (Fsp3) is 0.273. The van der Waals surface area contributed by atoms with Crippen LogP contribution in [0.15, 0.2) is 60.7 Å². The predicted octanol–water partition coefficient (Wildman–Crippen LogP) is 3.63. The lowest BCUT2D eigenvalue weighted by Gasteiger charge is -2.23. The van der Waals surface area contributed by atoms with Crippen LogP contribution in [-0.2, 0) is 6.54 Å². The molecule has 3 aromatic rings. The first-order valence-electron chi connectivity index (χ1n) is 9.55. The summed E-state index contributed by atoms with van der Waals surface area (Å²) in [6.45, 7) is 3.42. The Labute approximate surface area is 163 Å². The minimum Gasteiger partial charge on any atom is -0.330 e. The Morgan fingerprint density at radius 2 is 1.63 bits per heavy atom. The van der Waals surface area contributed by atoms with E-state index in [2.05, 4.69) is 17.4 Å². The van der Waals surface area contributed by atoms with Crippen LogP contribution in [0.5, 0.6) is 0 Å². The number of thiazole rings is 1. The van der Waals surface area contributed by atoms with E-state index >= 15 is 0 Å². The third kappa shape index (κ3) is 4.43. The highest BCUT2D eigenvalue weighted by Crippen LogP contribution is 2.31. The van der Waals surface area contributed by atoms with Crippen molar-refractivity contribution < 1.29 is 9.69 Å². The number of piperidine rings is 1. The Bertz CT molecular complexity index is 886. The number of rotatable bonds is 5. The van der Waals surface area contributed by atoms with Gasteiger partial charge >= 0.3 is 0 Å². The highest BCUT2D eigenvalue weighted by Gasteiger charge is 2.21. The molecule has 0 saturated carbocycles. The zero-order valence-corrected chi connectivity index (χ0v) is 16.1. The minimum absolute atomic E-state index is 0.110. The van der Waals surface area contributed by atoms with Crippen molar-refractivity contribution in [2.75, 3.05) is 18.4 Å². The Morgan fingerprint density at radius 1 is 0.963 bits per heavy atom. The molecule has 1 aromatic heterocycles. The molecule has 0 spiro atoms. The Balaban J connectivity index is 1.60. The Morgan fingerprint density at radius 3 is 2.33 bits per heavy atom. The lowest BCUT2D eigenvalue weighted by molar-refractivity contribution is -0.918. The average Bonchev–Trinajstić information content (AvgIpc) is 3.12. The van der Waals surface area contributed by atoms with Crippen LogP contribution in [0.4, 0.5) is 5.13 Å². The van der Waals surface area contributed by atoms with Crippen LogP contribution in [0.3, 0.4) is 0 Å². The molecule has 2 aromatic carbocycles. The zero-order chi connectivity index (χ0) is 18.5. The summed E-state index contributed by atoms with van der Waals surface area (Å²) in [4.78, 5) is 20.2. The van der Waals surface area contributed by atoms with Crippen molar-refractivity contribution in [1.29, 1.82) is 0 Å². The van der Waals surface area contributed by atoms with E-state index in [9.17, 15) is 4.79 Å². The summed E-state index contributed by atoms with van der Waals surface area (Å²) in [6, 6.07) is 19.6. The molecule has 4 rings (SSSR count). The van der Waals surface area contributed by atoms with Gasteiger partial charge in [-0.2, -0.15) is 0 Å². The van der Waals surface area contributed by atoms with Crippen LogP contribution < -0.4 is 10.2 Å². The molecule has 2 N–H and O–H groups in total. The van der Waals surface area contributed by atoms with Crippen LogP contribution in [0.25, 0.3) is 11.3 Å². The molecule has 1 fully saturated rings. The molecule has 1 amide bonds. The summed E-state index contributed by atoms with van der Waals surface area (Å²) in [5, 5.41) is 3.66. The van der Waals surface area contributed by atoms with Gasteiger partial charge in [0.25, 0.3) is 5.91 Å². The molecule has 1 aliphatic heterocycles. The highest BCUT2D eigenvalue weighted by molar-refractivity contribution is 7.16. The van der Waals surface area contributed by atoms with Gasteiger partial charge < -0.3 is 4.90 Å². The number of carbonyl (C=O) groups excluding carboxylic acids is 1. The normalized spacial score (nSPS) is 14.8. The number of nitrogens with zero attached hydrogens (tertiary/aromatic N) is 1. The smallest absolute Gasteiger partial charge is 0.257 e. The number of anilines is 1. The first-order valence-corrected chi connectivity index (χ1v) is 10.4. The summed E-state index contributed by atoms with van der Waals surface area (Å²) >= 11 is 1.61. The molecule has 0 radical (unpaired) electrons. The van der Waals surface area contributed by atoms with Gasteiger partial charge in [-0.25, -0.2) is 4.98 Å². The largest absolute Gasteiger partial charge is 0.330 e. The molecule has 138 valence electrons. The number of hydrogen-bond donors (Lipinski definition) is 2. The van der Waals surface area contributed by atoms with Crippen molar-refractivity contribution in [2.45, 2.75) is 25.8 Å². The average molecular weight is 379 g/mol. The van der Waals surface area contributed by atoms with E-state index in [0.29, 0.717) is 10.7 Å². The maximum atomic E-state index is 12.5. The van der Waals surface area contributed by atoms with E-state index in [1.165, 1.54) is 37.2 Å². The van der Waals surface area contributed by atoms with Gasteiger partial charge in [0, 0.05) is 11.1 Å². The summed E-state index contributed by atoms with van der Waals surface area (Å²) in [5.41, 5.74) is 2.76. The number of nitrogens with one attached hydrogen (secondary N) is 2. The third-order valence-corrected chi connectivity index (χ3v) is 5.94. The number of carbonyl (C=O) groups is 1. The van der Waals surface area contributed by atoms with Crippen LogP contribution in [0.1, 0.15) is 34.5 Å². The standard InChI is InChI=1S/C22H23N3OS/c26-21(18-12-6-2-7-13-18)24-22-23-20(17-10-4-1-5-11-17)19(27-22)16-25-14-8-3-9-15-25/h1-2,4-7,10-13H,3,8-9,14-16H2,(H,23,24,26)/p+1. The topological polar surface area (TPSA) is 46.4 Å². The van der Waals surface area contributed by atoms with E-state index in [0.717, 1.165) is 17.8 Å². The fourth-order valence-corrected chi connectivity index (χ4v) is 4.61. The number of hydrogen-bond acceptors (Lipinski definition) is 3. The van der Waals surface area contributed by atoms with E-state index in [4.69, 9.17) is 4.98 Å². The lowest BCUT2D eigenvalue weighted by atomic mass is 10.1. The number of quaternary nitrogens is 1.